The summed E-state index contributed by atoms with van der Waals surface area (Å²) in [5.74, 6) is -1.67. The molecule has 3 amide bonds. The maximum Gasteiger partial charge on any atom is 0.248 e. The monoisotopic (exact) mass is 537 g/mol. The van der Waals surface area contributed by atoms with E-state index >= 15 is 0 Å². The van der Waals surface area contributed by atoms with E-state index in [1.54, 1.807) is 23.6 Å². The number of anilines is 1. The zero-order valence-corrected chi connectivity index (χ0v) is 21.8. The largest absolute Gasteiger partial charge is 0.394 e. The van der Waals surface area contributed by atoms with Crippen molar-refractivity contribution < 1.29 is 19.5 Å². The number of nitrogens with zero attached hydrogens (tertiary/aromatic N) is 1. The molecule has 3 fully saturated rings. The zero-order chi connectivity index (χ0) is 24.1. The minimum Gasteiger partial charge on any atom is -0.394 e. The lowest BCUT2D eigenvalue weighted by molar-refractivity contribution is -0.141. The molecule has 7 atom stereocenters. The molecule has 4 rings (SSSR count). The Labute approximate surface area is 207 Å². The molecule has 9 heteroatoms. The van der Waals surface area contributed by atoms with Crippen molar-refractivity contribution in [3.05, 3.63) is 29.3 Å². The van der Waals surface area contributed by atoms with Crippen LogP contribution in [0.15, 0.2) is 18.2 Å². The predicted octanol–water partition coefficient (Wildman–Crippen LogP) is 2.61. The average Bonchev–Trinajstić information content (AvgIpc) is 3.37. The highest BCUT2D eigenvalue weighted by atomic mass is 79.9. The fraction of sp³-hybridized carbons (Fsp3) is 0.625. The van der Waals surface area contributed by atoms with E-state index in [-0.39, 0.29) is 34.4 Å². The molecule has 0 aliphatic carbocycles. The number of halogens is 1. The Hall–Kier alpha value is -1.58. The number of nitrogens with one attached hydrogen (secondary N) is 2. The lowest BCUT2D eigenvalue weighted by Crippen LogP contribution is -2.55. The van der Waals surface area contributed by atoms with E-state index in [9.17, 15) is 19.5 Å². The normalized spacial score (nSPS) is 33.2. The molecule has 1 spiro atoms. The molecule has 3 N–H and O–H groups in total. The van der Waals surface area contributed by atoms with Crippen molar-refractivity contribution in [3.63, 3.8) is 0 Å². The summed E-state index contributed by atoms with van der Waals surface area (Å²) in [7, 11) is 0. The first-order valence-corrected chi connectivity index (χ1v) is 13.4. The van der Waals surface area contributed by atoms with E-state index in [0.717, 1.165) is 17.5 Å². The van der Waals surface area contributed by atoms with Crippen LogP contribution in [0.5, 0.6) is 0 Å². The van der Waals surface area contributed by atoms with Crippen LogP contribution in [-0.4, -0.2) is 67.8 Å². The summed E-state index contributed by atoms with van der Waals surface area (Å²) >= 11 is 5.35. The van der Waals surface area contributed by atoms with Gasteiger partial charge in [0, 0.05) is 22.3 Å². The van der Waals surface area contributed by atoms with Gasteiger partial charge in [-0.1, -0.05) is 35.0 Å². The van der Waals surface area contributed by atoms with E-state index in [1.165, 1.54) is 0 Å². The van der Waals surface area contributed by atoms with Crippen LogP contribution in [0.3, 0.4) is 0 Å². The Balaban J connectivity index is 1.74. The summed E-state index contributed by atoms with van der Waals surface area (Å²) < 4.78 is -0.713. The van der Waals surface area contributed by atoms with Gasteiger partial charge in [-0.15, -0.1) is 11.8 Å². The number of aliphatic hydroxyl groups is 1. The van der Waals surface area contributed by atoms with Gasteiger partial charge in [-0.3, -0.25) is 14.4 Å². The van der Waals surface area contributed by atoms with Gasteiger partial charge in [0.15, 0.2) is 0 Å². The molecule has 3 saturated heterocycles. The van der Waals surface area contributed by atoms with Gasteiger partial charge in [-0.05, 0) is 50.8 Å². The smallest absolute Gasteiger partial charge is 0.248 e. The van der Waals surface area contributed by atoms with Crippen molar-refractivity contribution in [1.29, 1.82) is 0 Å². The van der Waals surface area contributed by atoms with Gasteiger partial charge in [-0.2, -0.15) is 0 Å². The first kappa shape index (κ1) is 24.5. The zero-order valence-electron chi connectivity index (χ0n) is 19.4. The van der Waals surface area contributed by atoms with E-state index in [4.69, 9.17) is 0 Å². The third kappa shape index (κ3) is 3.90. The van der Waals surface area contributed by atoms with Crippen LogP contribution < -0.4 is 10.6 Å². The maximum absolute atomic E-state index is 13.8. The molecular weight excluding hydrogens is 506 g/mol. The number of aryl methyl sites for hydroxylation is 2. The van der Waals surface area contributed by atoms with Crippen molar-refractivity contribution in [1.82, 2.24) is 10.2 Å². The van der Waals surface area contributed by atoms with Crippen molar-refractivity contribution in [2.24, 2.45) is 11.8 Å². The number of carbonyl (C=O) groups excluding carboxylic acids is 3. The quantitative estimate of drug-likeness (QED) is 0.464. The van der Waals surface area contributed by atoms with Crippen molar-refractivity contribution in [3.8, 4) is 0 Å². The average molecular weight is 539 g/mol. The number of rotatable bonds is 7. The number of alkyl halides is 1. The molecule has 0 aromatic heterocycles. The SMILES string of the molecule is CCCNC(=O)[C@H]1[C@@H]2SC3(CC2Br)C(C(=O)Nc2cc(C)ccc2C)N([C@H](C)CO)C(=O)[C@H]13. The predicted molar refractivity (Wildman–Crippen MR) is 133 cm³/mol. The van der Waals surface area contributed by atoms with Crippen LogP contribution in [0.2, 0.25) is 0 Å². The van der Waals surface area contributed by atoms with Crippen LogP contribution >= 0.6 is 27.7 Å². The Morgan fingerprint density at radius 3 is 2.73 bits per heavy atom. The van der Waals surface area contributed by atoms with Gasteiger partial charge < -0.3 is 20.6 Å². The highest BCUT2D eigenvalue weighted by Gasteiger charge is 2.75. The topological polar surface area (TPSA) is 98.7 Å². The third-order valence-electron chi connectivity index (χ3n) is 7.22. The highest BCUT2D eigenvalue weighted by Crippen LogP contribution is 2.68. The number of hydrogen-bond acceptors (Lipinski definition) is 5. The first-order chi connectivity index (χ1) is 15.7. The summed E-state index contributed by atoms with van der Waals surface area (Å²) in [5.41, 5.74) is 2.68. The summed E-state index contributed by atoms with van der Waals surface area (Å²) in [6.07, 6.45) is 1.43. The molecule has 180 valence electrons. The van der Waals surface area contributed by atoms with E-state index in [1.807, 2.05) is 39.0 Å². The molecule has 3 aliphatic heterocycles. The van der Waals surface area contributed by atoms with Crippen LogP contribution in [-0.2, 0) is 14.4 Å². The number of hydrogen-bond donors (Lipinski definition) is 3. The number of amides is 3. The molecule has 3 heterocycles. The molecule has 1 aromatic carbocycles. The maximum atomic E-state index is 13.8. The van der Waals surface area contributed by atoms with Gasteiger partial charge in [0.05, 0.1) is 29.2 Å². The molecule has 7 nitrogen and oxygen atoms in total. The Bertz CT molecular complexity index is 975. The number of aliphatic hydroxyl groups excluding tert-OH is 1. The van der Waals surface area contributed by atoms with Gasteiger partial charge >= 0.3 is 0 Å². The van der Waals surface area contributed by atoms with Crippen molar-refractivity contribution in [2.45, 2.75) is 67.4 Å². The van der Waals surface area contributed by atoms with Crippen LogP contribution in [0, 0.1) is 25.7 Å². The minimum absolute atomic E-state index is 0.0318. The summed E-state index contributed by atoms with van der Waals surface area (Å²) in [5, 5.41) is 15.9. The van der Waals surface area contributed by atoms with Crippen LogP contribution in [0.1, 0.15) is 37.8 Å². The van der Waals surface area contributed by atoms with Gasteiger partial charge in [-0.25, -0.2) is 0 Å². The molecular formula is C24H32BrN3O4S. The molecule has 2 bridgehead atoms. The second-order valence-corrected chi connectivity index (χ2v) is 12.3. The van der Waals surface area contributed by atoms with Crippen LogP contribution in [0.4, 0.5) is 5.69 Å². The summed E-state index contributed by atoms with van der Waals surface area (Å²) in [6, 6.07) is 4.57. The van der Waals surface area contributed by atoms with Crippen LogP contribution in [0.25, 0.3) is 0 Å². The van der Waals surface area contributed by atoms with Crippen molar-refractivity contribution in [2.75, 3.05) is 18.5 Å². The number of carbonyl (C=O) groups is 3. The lowest BCUT2D eigenvalue weighted by Gasteiger charge is -2.36. The minimum atomic E-state index is -0.768. The second kappa shape index (κ2) is 9.23. The fourth-order valence-electron chi connectivity index (χ4n) is 5.67. The van der Waals surface area contributed by atoms with Crippen molar-refractivity contribution >= 4 is 51.1 Å². The van der Waals surface area contributed by atoms with Gasteiger partial charge in [0.25, 0.3) is 0 Å². The first-order valence-electron chi connectivity index (χ1n) is 11.6. The summed E-state index contributed by atoms with van der Waals surface area (Å²) in [4.78, 5) is 42.3. The number of likely N-dealkylation sites (tertiary alicyclic amines) is 1. The Morgan fingerprint density at radius 2 is 2.06 bits per heavy atom. The fourth-order valence-corrected chi connectivity index (χ4v) is 9.27. The van der Waals surface area contributed by atoms with Gasteiger partial charge in [0.2, 0.25) is 17.7 Å². The number of benzene rings is 1. The van der Waals surface area contributed by atoms with E-state index in [0.29, 0.717) is 18.7 Å². The third-order valence-corrected chi connectivity index (χ3v) is 10.4. The Morgan fingerprint density at radius 1 is 1.33 bits per heavy atom. The number of fused-ring (bicyclic) bond motifs is 1. The van der Waals surface area contributed by atoms with E-state index in [2.05, 4.69) is 26.6 Å². The molecule has 1 aromatic rings. The molecule has 3 unspecified atom stereocenters. The number of thioether (sulfide) groups is 1. The highest BCUT2D eigenvalue weighted by molar-refractivity contribution is 9.09. The molecule has 0 radical (unpaired) electrons. The molecule has 33 heavy (non-hydrogen) atoms. The Kier molecular flexibility index (Phi) is 6.86. The second-order valence-electron chi connectivity index (χ2n) is 9.54. The lowest BCUT2D eigenvalue weighted by atomic mass is 9.70. The summed E-state index contributed by atoms with van der Waals surface area (Å²) in [6.45, 7) is 7.95. The van der Waals surface area contributed by atoms with Gasteiger partial charge in [0.1, 0.15) is 6.04 Å². The standard InChI is InChI=1S/C24H32BrN3O4S/c1-5-8-26-21(30)17-18-23(32)28(14(4)11-29)20(24(18)10-15(25)19(17)33-24)22(31)27-16-9-12(2)6-7-13(16)3/h6-7,9,14-15,17-20,29H,5,8,10-11H2,1-4H3,(H,26,30)(H,27,31)/t14-,15?,17-,18+,19-,20?,24?/m1/s1. The molecule has 3 aliphatic rings. The molecule has 0 saturated carbocycles. The van der Waals surface area contributed by atoms with E-state index < -0.39 is 28.7 Å².